The van der Waals surface area contributed by atoms with Crippen molar-refractivity contribution in [3.63, 3.8) is 0 Å². The smallest absolute Gasteiger partial charge is 0.270 e. The average Bonchev–Trinajstić information content (AvgIpc) is 2.74. The maximum Gasteiger partial charge on any atom is 0.270 e. The van der Waals surface area contributed by atoms with Gasteiger partial charge < -0.3 is 9.47 Å². The minimum atomic E-state index is -0.531. The molecule has 3 rings (SSSR count). The van der Waals surface area contributed by atoms with E-state index in [2.05, 4.69) is 41.8 Å². The van der Waals surface area contributed by atoms with Gasteiger partial charge in [-0.3, -0.25) is 19.8 Å². The van der Waals surface area contributed by atoms with Gasteiger partial charge in [0.2, 0.25) is 0 Å². The van der Waals surface area contributed by atoms with Crippen molar-refractivity contribution in [3.05, 3.63) is 56.7 Å². The van der Waals surface area contributed by atoms with E-state index in [0.29, 0.717) is 41.9 Å². The zero-order chi connectivity index (χ0) is 23.4. The minimum absolute atomic E-state index is 0.00561. The molecule has 8 heteroatoms. The lowest BCUT2D eigenvalue weighted by Gasteiger charge is -2.29. The van der Waals surface area contributed by atoms with Crippen molar-refractivity contribution in [3.8, 4) is 11.5 Å². The third-order valence-electron chi connectivity index (χ3n) is 4.85. The number of nitrogens with zero attached hydrogens (tertiary/aromatic N) is 1. The lowest BCUT2D eigenvalue weighted by Crippen LogP contribution is -2.54. The van der Waals surface area contributed by atoms with E-state index in [9.17, 15) is 9.59 Å². The van der Waals surface area contributed by atoms with E-state index in [-0.39, 0.29) is 10.7 Å². The summed E-state index contributed by atoms with van der Waals surface area (Å²) >= 11 is 7.45. The van der Waals surface area contributed by atoms with Crippen LogP contribution in [0.5, 0.6) is 11.5 Å². The van der Waals surface area contributed by atoms with Gasteiger partial charge in [0.05, 0.1) is 22.5 Å². The molecule has 1 aliphatic heterocycles. The molecule has 2 aromatic carbocycles. The van der Waals surface area contributed by atoms with E-state index >= 15 is 0 Å². The first-order valence-electron chi connectivity index (χ1n) is 10.4. The SMILES string of the molecule is CCOc1cc(/C=C2\C(=O)NC(=S)N(c3ccc(C(C)C)cc3)C2=O)cc(I)c1OCC. The van der Waals surface area contributed by atoms with E-state index in [4.69, 9.17) is 21.7 Å². The maximum absolute atomic E-state index is 13.3. The molecule has 1 heterocycles. The summed E-state index contributed by atoms with van der Waals surface area (Å²) in [5, 5.41) is 2.68. The quantitative estimate of drug-likeness (QED) is 0.221. The lowest BCUT2D eigenvalue weighted by atomic mass is 10.0. The molecule has 1 aliphatic rings. The normalized spacial score (nSPS) is 15.4. The molecule has 32 heavy (non-hydrogen) atoms. The number of benzene rings is 2. The van der Waals surface area contributed by atoms with Gasteiger partial charge in [-0.2, -0.15) is 0 Å². The number of hydrogen-bond acceptors (Lipinski definition) is 5. The van der Waals surface area contributed by atoms with Crippen molar-refractivity contribution < 1.29 is 19.1 Å². The summed E-state index contributed by atoms with van der Waals surface area (Å²) in [6.45, 7) is 8.94. The van der Waals surface area contributed by atoms with Gasteiger partial charge in [0.15, 0.2) is 16.6 Å². The molecule has 0 unspecified atom stereocenters. The highest BCUT2D eigenvalue weighted by Crippen LogP contribution is 2.35. The summed E-state index contributed by atoms with van der Waals surface area (Å²) in [4.78, 5) is 27.3. The highest BCUT2D eigenvalue weighted by molar-refractivity contribution is 14.1. The van der Waals surface area contributed by atoms with Crippen LogP contribution < -0.4 is 19.7 Å². The van der Waals surface area contributed by atoms with Crippen molar-refractivity contribution in [2.24, 2.45) is 0 Å². The number of nitrogens with one attached hydrogen (secondary N) is 1. The monoisotopic (exact) mass is 564 g/mol. The number of thiocarbonyl (C=S) groups is 1. The van der Waals surface area contributed by atoms with Crippen LogP contribution in [-0.2, 0) is 9.59 Å². The van der Waals surface area contributed by atoms with Gasteiger partial charge in [-0.15, -0.1) is 0 Å². The summed E-state index contributed by atoms with van der Waals surface area (Å²) in [5.41, 5.74) is 2.40. The van der Waals surface area contributed by atoms with E-state index in [1.54, 1.807) is 12.1 Å². The Labute approximate surface area is 207 Å². The molecule has 0 atom stereocenters. The molecule has 0 aromatic heterocycles. The van der Waals surface area contributed by atoms with Gasteiger partial charge in [-0.1, -0.05) is 26.0 Å². The number of amides is 2. The van der Waals surface area contributed by atoms with Crippen LogP contribution in [0, 0.1) is 3.57 Å². The summed E-state index contributed by atoms with van der Waals surface area (Å²) in [7, 11) is 0. The molecular weight excluding hydrogens is 539 g/mol. The first-order valence-corrected chi connectivity index (χ1v) is 11.9. The number of carbonyl (C=O) groups excluding carboxylic acids is 2. The van der Waals surface area contributed by atoms with Crippen LogP contribution in [0.4, 0.5) is 5.69 Å². The molecule has 1 N–H and O–H groups in total. The van der Waals surface area contributed by atoms with Crippen LogP contribution in [0.3, 0.4) is 0 Å². The average molecular weight is 564 g/mol. The highest BCUT2D eigenvalue weighted by Gasteiger charge is 2.34. The summed E-state index contributed by atoms with van der Waals surface area (Å²) in [5.74, 6) is 0.567. The van der Waals surface area contributed by atoms with Gasteiger partial charge in [-0.25, -0.2) is 0 Å². The van der Waals surface area contributed by atoms with Crippen LogP contribution >= 0.6 is 34.8 Å². The molecule has 168 valence electrons. The topological polar surface area (TPSA) is 67.9 Å². The van der Waals surface area contributed by atoms with Crippen molar-refractivity contribution in [1.29, 1.82) is 0 Å². The first kappa shape index (κ1) is 24.2. The van der Waals surface area contributed by atoms with Crippen LogP contribution in [0.1, 0.15) is 44.7 Å². The van der Waals surface area contributed by atoms with Crippen LogP contribution in [0.2, 0.25) is 0 Å². The van der Waals surface area contributed by atoms with Gasteiger partial charge in [-0.05, 0) is 96.0 Å². The third-order valence-corrected chi connectivity index (χ3v) is 5.94. The number of anilines is 1. The number of carbonyl (C=O) groups is 2. The third kappa shape index (κ3) is 5.12. The second-order valence-electron chi connectivity index (χ2n) is 7.40. The van der Waals surface area contributed by atoms with E-state index < -0.39 is 11.8 Å². The fourth-order valence-corrected chi connectivity index (χ4v) is 4.35. The molecule has 1 saturated heterocycles. The van der Waals surface area contributed by atoms with Crippen LogP contribution in [-0.4, -0.2) is 30.1 Å². The molecule has 0 saturated carbocycles. The fraction of sp³-hybridized carbons (Fsp3) is 0.292. The van der Waals surface area contributed by atoms with Gasteiger partial charge in [0.1, 0.15) is 5.57 Å². The zero-order valence-electron chi connectivity index (χ0n) is 18.4. The Morgan fingerprint density at radius 3 is 2.34 bits per heavy atom. The largest absolute Gasteiger partial charge is 0.490 e. The van der Waals surface area contributed by atoms with E-state index in [1.165, 1.54) is 4.90 Å². The van der Waals surface area contributed by atoms with Crippen molar-refractivity contribution in [2.45, 2.75) is 33.6 Å². The van der Waals surface area contributed by atoms with Crippen LogP contribution in [0.15, 0.2) is 42.0 Å². The molecule has 6 nitrogen and oxygen atoms in total. The lowest BCUT2D eigenvalue weighted by molar-refractivity contribution is -0.122. The molecule has 0 spiro atoms. The van der Waals surface area contributed by atoms with Crippen LogP contribution in [0.25, 0.3) is 6.08 Å². The zero-order valence-corrected chi connectivity index (χ0v) is 21.4. The van der Waals surface area contributed by atoms with Crippen molar-refractivity contribution in [2.75, 3.05) is 18.1 Å². The summed E-state index contributed by atoms with van der Waals surface area (Å²) in [6.07, 6.45) is 1.55. The standard InChI is InChI=1S/C24H25IN2O4S/c1-5-30-20-13-15(12-19(25)21(20)31-6-2)11-18-22(28)26-24(32)27(23(18)29)17-9-7-16(8-10-17)14(3)4/h7-14H,5-6H2,1-4H3,(H,26,28,32)/b18-11+. The Morgan fingerprint density at radius 2 is 1.75 bits per heavy atom. The van der Waals surface area contributed by atoms with E-state index in [0.717, 1.165) is 9.13 Å². The first-order chi connectivity index (χ1) is 15.3. The molecule has 0 radical (unpaired) electrons. The number of hydrogen-bond donors (Lipinski definition) is 1. The molecule has 0 bridgehead atoms. The Balaban J connectivity index is 2.00. The fourth-order valence-electron chi connectivity index (χ4n) is 3.29. The Kier molecular flexibility index (Phi) is 7.89. The second-order valence-corrected chi connectivity index (χ2v) is 8.95. The predicted octanol–water partition coefficient (Wildman–Crippen LogP) is 5.04. The summed E-state index contributed by atoms with van der Waals surface area (Å²) < 4.78 is 12.2. The molecule has 2 aromatic rings. The van der Waals surface area contributed by atoms with Crippen molar-refractivity contribution in [1.82, 2.24) is 5.32 Å². The summed E-state index contributed by atoms with van der Waals surface area (Å²) in [6, 6.07) is 11.2. The van der Waals surface area contributed by atoms with Gasteiger partial charge in [0.25, 0.3) is 11.8 Å². The molecule has 1 fully saturated rings. The van der Waals surface area contributed by atoms with Crippen molar-refractivity contribution >= 4 is 63.5 Å². The Hall–Kier alpha value is -2.46. The molecule has 2 amide bonds. The molecular formula is C24H25IN2O4S. The molecule has 0 aliphatic carbocycles. The Morgan fingerprint density at radius 1 is 1.09 bits per heavy atom. The number of halogens is 1. The van der Waals surface area contributed by atoms with Gasteiger partial charge >= 0.3 is 0 Å². The highest BCUT2D eigenvalue weighted by atomic mass is 127. The predicted molar refractivity (Wildman–Crippen MR) is 138 cm³/mol. The second kappa shape index (κ2) is 10.4. The minimum Gasteiger partial charge on any atom is -0.490 e. The Bertz CT molecular complexity index is 1080. The van der Waals surface area contributed by atoms with E-state index in [1.807, 2.05) is 44.2 Å². The maximum atomic E-state index is 13.3. The van der Waals surface area contributed by atoms with Gasteiger partial charge in [0, 0.05) is 0 Å². The number of ether oxygens (including phenoxy) is 2. The number of rotatable bonds is 7.